The van der Waals surface area contributed by atoms with Crippen LogP contribution < -0.4 is 0 Å². The lowest BCUT2D eigenvalue weighted by Crippen LogP contribution is -2.60. The number of halogens is 4. The Kier molecular flexibility index (Phi) is 7.68. The number of rotatable bonds is 9. The molecule has 0 aliphatic carbocycles. The Morgan fingerprint density at radius 2 is 1.52 bits per heavy atom. The van der Waals surface area contributed by atoms with Gasteiger partial charge < -0.3 is 9.47 Å². The van der Waals surface area contributed by atoms with Gasteiger partial charge in [0.2, 0.25) is 0 Å². The van der Waals surface area contributed by atoms with E-state index in [0.717, 1.165) is 0 Å². The molecule has 0 aromatic heterocycles. The second-order valence-corrected chi connectivity index (χ2v) is 7.01. The van der Waals surface area contributed by atoms with Crippen LogP contribution in [0.3, 0.4) is 0 Å². The standard InChI is InChI=1S/C17H32F4N2O2/c1-8-13(14(9-2)25-7)23-16(18,19)10-22(17(23,20)21)15(11(3)4)12(5)24-6/h11-15H,8-10H2,1-7H3. The van der Waals surface area contributed by atoms with Crippen molar-refractivity contribution in [2.24, 2.45) is 5.92 Å². The summed E-state index contributed by atoms with van der Waals surface area (Å²) >= 11 is 0. The number of hydrogen-bond donors (Lipinski definition) is 0. The van der Waals surface area contributed by atoms with Gasteiger partial charge in [-0.05, 0) is 25.7 Å². The van der Waals surface area contributed by atoms with Gasteiger partial charge in [0.15, 0.2) is 0 Å². The van der Waals surface area contributed by atoms with Crippen molar-refractivity contribution in [3.63, 3.8) is 0 Å². The molecular weight excluding hydrogens is 340 g/mol. The third kappa shape index (κ3) is 4.28. The van der Waals surface area contributed by atoms with Crippen molar-refractivity contribution in [2.75, 3.05) is 20.8 Å². The molecule has 4 nitrogen and oxygen atoms in total. The number of alkyl halides is 4. The van der Waals surface area contributed by atoms with Gasteiger partial charge in [0, 0.05) is 26.3 Å². The van der Waals surface area contributed by atoms with Gasteiger partial charge >= 0.3 is 12.2 Å². The Bertz CT molecular complexity index is 419. The predicted octanol–water partition coefficient (Wildman–Crippen LogP) is 4.01. The first-order valence-corrected chi connectivity index (χ1v) is 8.86. The van der Waals surface area contributed by atoms with Crippen molar-refractivity contribution in [3.05, 3.63) is 0 Å². The average Bonchev–Trinajstić information content (AvgIpc) is 2.70. The van der Waals surface area contributed by atoms with Crippen LogP contribution in [0.5, 0.6) is 0 Å². The molecule has 1 heterocycles. The molecule has 4 unspecified atom stereocenters. The summed E-state index contributed by atoms with van der Waals surface area (Å²) in [5.41, 5.74) is 0. The zero-order chi connectivity index (χ0) is 19.6. The minimum Gasteiger partial charge on any atom is -0.380 e. The number of hydrogen-bond acceptors (Lipinski definition) is 4. The van der Waals surface area contributed by atoms with Crippen molar-refractivity contribution in [1.29, 1.82) is 0 Å². The Morgan fingerprint density at radius 1 is 0.960 bits per heavy atom. The van der Waals surface area contributed by atoms with Gasteiger partial charge in [0.25, 0.3) is 0 Å². The van der Waals surface area contributed by atoms with Crippen LogP contribution in [0.4, 0.5) is 17.6 Å². The minimum absolute atomic E-state index is 0.0510. The molecule has 0 saturated carbocycles. The van der Waals surface area contributed by atoms with Crippen LogP contribution in [0, 0.1) is 5.92 Å². The molecule has 1 aliphatic rings. The van der Waals surface area contributed by atoms with E-state index in [1.165, 1.54) is 14.2 Å². The van der Waals surface area contributed by atoms with Crippen LogP contribution >= 0.6 is 0 Å². The molecule has 4 atom stereocenters. The van der Waals surface area contributed by atoms with Crippen LogP contribution in [0.15, 0.2) is 0 Å². The molecular formula is C17H32F4N2O2. The van der Waals surface area contributed by atoms with E-state index in [-0.39, 0.29) is 17.2 Å². The molecule has 0 spiro atoms. The topological polar surface area (TPSA) is 24.9 Å². The Morgan fingerprint density at radius 3 is 1.88 bits per heavy atom. The molecule has 25 heavy (non-hydrogen) atoms. The van der Waals surface area contributed by atoms with Gasteiger partial charge in [-0.2, -0.15) is 22.5 Å². The van der Waals surface area contributed by atoms with E-state index in [4.69, 9.17) is 9.47 Å². The van der Waals surface area contributed by atoms with E-state index in [0.29, 0.717) is 11.3 Å². The highest BCUT2D eigenvalue weighted by atomic mass is 19.3. The minimum atomic E-state index is -3.79. The van der Waals surface area contributed by atoms with Gasteiger partial charge in [-0.25, -0.2) is 4.90 Å². The molecule has 0 N–H and O–H groups in total. The second kappa shape index (κ2) is 8.50. The first-order valence-electron chi connectivity index (χ1n) is 8.86. The molecule has 0 bridgehead atoms. The molecule has 1 fully saturated rings. The van der Waals surface area contributed by atoms with Crippen LogP contribution in [-0.4, -0.2) is 67.1 Å². The van der Waals surface area contributed by atoms with Gasteiger partial charge in [-0.1, -0.05) is 27.7 Å². The van der Waals surface area contributed by atoms with Gasteiger partial charge in [0.05, 0.1) is 18.8 Å². The lowest BCUT2D eigenvalue weighted by atomic mass is 9.97. The highest BCUT2D eigenvalue weighted by Crippen LogP contribution is 2.47. The molecule has 1 saturated heterocycles. The molecule has 150 valence electrons. The maximum atomic E-state index is 15.2. The summed E-state index contributed by atoms with van der Waals surface area (Å²) in [6.07, 6.45) is -4.58. The SMILES string of the molecule is CCC(OC)C(CC)N1C(F)(F)CN(C(C(C)C)C(C)OC)C1(F)F. The molecule has 0 aromatic rings. The van der Waals surface area contributed by atoms with E-state index in [1.807, 2.05) is 0 Å². The maximum Gasteiger partial charge on any atom is 0.375 e. The van der Waals surface area contributed by atoms with E-state index in [9.17, 15) is 8.78 Å². The maximum absolute atomic E-state index is 15.2. The van der Waals surface area contributed by atoms with Crippen LogP contribution in [-0.2, 0) is 9.47 Å². The Balaban J connectivity index is 3.32. The smallest absolute Gasteiger partial charge is 0.375 e. The molecule has 1 rings (SSSR count). The molecule has 8 heteroatoms. The van der Waals surface area contributed by atoms with E-state index < -0.39 is 43.1 Å². The first kappa shape index (κ1) is 22.6. The van der Waals surface area contributed by atoms with E-state index in [1.54, 1.807) is 34.6 Å². The zero-order valence-electron chi connectivity index (χ0n) is 16.2. The summed E-state index contributed by atoms with van der Waals surface area (Å²) in [6.45, 7) is 7.43. The fourth-order valence-corrected chi connectivity index (χ4v) is 3.94. The summed E-state index contributed by atoms with van der Waals surface area (Å²) in [7, 11) is 2.77. The van der Waals surface area contributed by atoms with Crippen molar-refractivity contribution in [1.82, 2.24) is 9.80 Å². The Hall–Kier alpha value is -0.440. The van der Waals surface area contributed by atoms with Crippen molar-refractivity contribution in [2.45, 2.75) is 84.0 Å². The number of ether oxygens (including phenoxy) is 2. The van der Waals surface area contributed by atoms with Crippen molar-refractivity contribution < 1.29 is 27.0 Å². The third-order valence-corrected chi connectivity index (χ3v) is 5.13. The van der Waals surface area contributed by atoms with E-state index >= 15 is 8.78 Å². The van der Waals surface area contributed by atoms with Gasteiger partial charge in [-0.15, -0.1) is 0 Å². The fraction of sp³-hybridized carbons (Fsp3) is 1.00. The van der Waals surface area contributed by atoms with Crippen molar-refractivity contribution in [3.8, 4) is 0 Å². The average molecular weight is 372 g/mol. The summed E-state index contributed by atoms with van der Waals surface area (Å²) in [5, 5.41) is 0. The normalized spacial score (nSPS) is 25.9. The second-order valence-electron chi connectivity index (χ2n) is 7.01. The monoisotopic (exact) mass is 372 g/mol. The van der Waals surface area contributed by atoms with Crippen LogP contribution in [0.25, 0.3) is 0 Å². The number of nitrogens with zero attached hydrogens (tertiary/aromatic N) is 2. The Labute approximate surface area is 148 Å². The largest absolute Gasteiger partial charge is 0.380 e. The quantitative estimate of drug-likeness (QED) is 0.451. The number of methoxy groups -OCH3 is 2. The molecule has 0 radical (unpaired) electrons. The van der Waals surface area contributed by atoms with Crippen molar-refractivity contribution >= 4 is 0 Å². The van der Waals surface area contributed by atoms with Crippen LogP contribution in [0.1, 0.15) is 47.5 Å². The summed E-state index contributed by atoms with van der Waals surface area (Å²) in [6, 6.07) is -5.58. The summed E-state index contributed by atoms with van der Waals surface area (Å²) in [4.78, 5) is 0.645. The lowest BCUT2D eigenvalue weighted by molar-refractivity contribution is -0.294. The molecule has 0 amide bonds. The highest BCUT2D eigenvalue weighted by molar-refractivity contribution is 4.99. The fourth-order valence-electron chi connectivity index (χ4n) is 3.94. The summed E-state index contributed by atoms with van der Waals surface area (Å²) < 4.78 is 70.3. The summed E-state index contributed by atoms with van der Waals surface area (Å²) in [5.74, 6) is -0.277. The van der Waals surface area contributed by atoms with Crippen LogP contribution in [0.2, 0.25) is 0 Å². The zero-order valence-corrected chi connectivity index (χ0v) is 16.2. The predicted molar refractivity (Wildman–Crippen MR) is 88.7 cm³/mol. The molecule has 0 aromatic carbocycles. The van der Waals surface area contributed by atoms with E-state index in [2.05, 4.69) is 0 Å². The van der Waals surface area contributed by atoms with Gasteiger partial charge in [0.1, 0.15) is 0 Å². The lowest BCUT2D eigenvalue weighted by Gasteiger charge is -2.42. The highest BCUT2D eigenvalue weighted by Gasteiger charge is 2.68. The first-order chi connectivity index (χ1) is 11.5. The third-order valence-electron chi connectivity index (χ3n) is 5.13. The molecule has 1 aliphatic heterocycles. The van der Waals surface area contributed by atoms with Gasteiger partial charge in [-0.3, -0.25) is 0 Å².